The Kier molecular flexibility index (Phi) is 6.42. The van der Waals surface area contributed by atoms with Gasteiger partial charge in [0.05, 0.1) is 6.10 Å². The number of aliphatic hydroxyl groups excluding tert-OH is 1. The predicted molar refractivity (Wildman–Crippen MR) is 114 cm³/mol. The van der Waals surface area contributed by atoms with Gasteiger partial charge in [-0.3, -0.25) is 4.57 Å². The van der Waals surface area contributed by atoms with Crippen LogP contribution in [-0.2, 0) is 0 Å². The van der Waals surface area contributed by atoms with Crippen molar-refractivity contribution in [1.82, 2.24) is 14.8 Å². The first-order valence-corrected chi connectivity index (χ1v) is 10.3. The average molecular weight is 398 g/mol. The van der Waals surface area contributed by atoms with Gasteiger partial charge in [-0.1, -0.05) is 41.6 Å². The van der Waals surface area contributed by atoms with E-state index in [4.69, 9.17) is 4.74 Å². The zero-order valence-corrected chi connectivity index (χ0v) is 17.9. The maximum Gasteiger partial charge on any atom is 0.195 e. The molecule has 0 aliphatic heterocycles. The van der Waals surface area contributed by atoms with Crippen LogP contribution in [0.1, 0.15) is 28.1 Å². The molecule has 0 saturated carbocycles. The number of nitrogens with zero attached hydrogens (tertiary/aromatic N) is 3. The molecule has 2 aromatic carbocycles. The summed E-state index contributed by atoms with van der Waals surface area (Å²) in [6.07, 6.45) is -0.604. The van der Waals surface area contributed by atoms with E-state index in [1.54, 1.807) is 0 Å². The van der Waals surface area contributed by atoms with Crippen molar-refractivity contribution in [3.63, 3.8) is 0 Å². The van der Waals surface area contributed by atoms with Crippen LogP contribution in [-0.4, -0.2) is 38.3 Å². The molecule has 28 heavy (non-hydrogen) atoms. The monoisotopic (exact) mass is 397 g/mol. The fourth-order valence-electron chi connectivity index (χ4n) is 2.97. The highest BCUT2D eigenvalue weighted by atomic mass is 32.2. The highest BCUT2D eigenvalue weighted by Gasteiger charge is 2.15. The van der Waals surface area contributed by atoms with E-state index < -0.39 is 6.10 Å². The summed E-state index contributed by atoms with van der Waals surface area (Å²) in [5, 5.41) is 19.7. The Balaban J connectivity index is 1.64. The Hall–Kier alpha value is -2.31. The molecule has 5 nitrogen and oxygen atoms in total. The Labute approximate surface area is 170 Å². The Morgan fingerprint density at radius 2 is 1.64 bits per heavy atom. The maximum absolute atomic E-state index is 10.4. The smallest absolute Gasteiger partial charge is 0.195 e. The minimum Gasteiger partial charge on any atom is -0.490 e. The molecule has 0 spiro atoms. The van der Waals surface area contributed by atoms with E-state index in [1.807, 2.05) is 31.4 Å². The fraction of sp³-hybridized carbons (Fsp3) is 0.364. The van der Waals surface area contributed by atoms with Crippen LogP contribution in [0.4, 0.5) is 0 Å². The summed E-state index contributed by atoms with van der Waals surface area (Å²) in [5.74, 6) is 2.17. The molecule has 0 fully saturated rings. The molecule has 0 saturated heterocycles. The number of aliphatic hydroxyl groups is 1. The third-order valence-electron chi connectivity index (χ3n) is 4.79. The number of hydrogen-bond donors (Lipinski definition) is 1. The van der Waals surface area contributed by atoms with Crippen molar-refractivity contribution in [2.45, 2.75) is 45.9 Å². The second-order valence-corrected chi connectivity index (χ2v) is 8.12. The second-order valence-electron chi connectivity index (χ2n) is 7.13. The van der Waals surface area contributed by atoms with E-state index >= 15 is 0 Å². The summed E-state index contributed by atoms with van der Waals surface area (Å²) in [4.78, 5) is 0. The van der Waals surface area contributed by atoms with Gasteiger partial charge in [-0.05, 0) is 63.4 Å². The maximum atomic E-state index is 10.4. The molecule has 0 radical (unpaired) electrons. The van der Waals surface area contributed by atoms with Crippen LogP contribution < -0.4 is 4.74 Å². The van der Waals surface area contributed by atoms with E-state index in [0.717, 1.165) is 33.5 Å². The van der Waals surface area contributed by atoms with Gasteiger partial charge in [-0.15, -0.1) is 10.2 Å². The normalized spacial score (nSPS) is 12.2. The molecule has 0 aliphatic carbocycles. The number of aromatic nitrogens is 3. The molecular formula is C22H27N3O2S. The summed E-state index contributed by atoms with van der Waals surface area (Å²) in [7, 11) is 0. The highest BCUT2D eigenvalue weighted by Crippen LogP contribution is 2.27. The highest BCUT2D eigenvalue weighted by molar-refractivity contribution is 7.99. The summed E-state index contributed by atoms with van der Waals surface area (Å²) >= 11 is 1.48. The number of ether oxygens (including phenoxy) is 1. The first-order chi connectivity index (χ1) is 13.4. The lowest BCUT2D eigenvalue weighted by atomic mass is 10.1. The van der Waals surface area contributed by atoms with E-state index in [9.17, 15) is 5.11 Å². The Bertz CT molecular complexity index is 951. The standard InChI is InChI=1S/C22H27N3O2S/c1-14-6-10-19(11-7-14)25-18(5)23-24-22(25)28-13-20(26)12-27-21-16(3)9-8-15(2)17(21)4/h6-11,20,26H,12-13H2,1-5H3/t20-/m1/s1. The number of benzene rings is 2. The van der Waals surface area contributed by atoms with Gasteiger partial charge >= 0.3 is 0 Å². The van der Waals surface area contributed by atoms with Crippen LogP contribution in [0.2, 0.25) is 0 Å². The van der Waals surface area contributed by atoms with Crippen molar-refractivity contribution in [2.24, 2.45) is 0 Å². The molecule has 148 valence electrons. The zero-order valence-electron chi connectivity index (χ0n) is 17.1. The molecule has 0 amide bonds. The molecule has 6 heteroatoms. The van der Waals surface area contributed by atoms with Crippen LogP contribution in [0.5, 0.6) is 5.75 Å². The summed E-state index contributed by atoms with van der Waals surface area (Å²) in [6.45, 7) is 10.4. The molecule has 0 aliphatic rings. The average Bonchev–Trinajstić information content (AvgIpc) is 3.04. The van der Waals surface area contributed by atoms with E-state index in [-0.39, 0.29) is 6.61 Å². The van der Waals surface area contributed by atoms with Crippen molar-refractivity contribution < 1.29 is 9.84 Å². The van der Waals surface area contributed by atoms with Gasteiger partial charge in [-0.2, -0.15) is 0 Å². The summed E-state index contributed by atoms with van der Waals surface area (Å²) in [5.41, 5.74) is 5.61. The molecule has 3 aromatic rings. The van der Waals surface area contributed by atoms with E-state index in [1.165, 1.54) is 22.9 Å². The summed E-state index contributed by atoms with van der Waals surface area (Å²) in [6, 6.07) is 12.4. The van der Waals surface area contributed by atoms with Crippen LogP contribution in [0.25, 0.3) is 5.69 Å². The lowest BCUT2D eigenvalue weighted by Crippen LogP contribution is -2.21. The third-order valence-corrected chi connectivity index (χ3v) is 5.86. The zero-order chi connectivity index (χ0) is 20.3. The lowest BCUT2D eigenvalue weighted by Gasteiger charge is -2.17. The van der Waals surface area contributed by atoms with Gasteiger partial charge in [-0.25, -0.2) is 0 Å². The first kappa shape index (κ1) is 20.4. The van der Waals surface area contributed by atoms with Crippen molar-refractivity contribution in [3.8, 4) is 11.4 Å². The van der Waals surface area contributed by atoms with Gasteiger partial charge in [0.15, 0.2) is 5.16 Å². The number of aryl methyl sites for hydroxylation is 4. The molecular weight excluding hydrogens is 370 g/mol. The van der Waals surface area contributed by atoms with E-state index in [0.29, 0.717) is 5.75 Å². The minimum absolute atomic E-state index is 0.246. The number of hydrogen-bond acceptors (Lipinski definition) is 5. The lowest BCUT2D eigenvalue weighted by molar-refractivity contribution is 0.125. The minimum atomic E-state index is -0.604. The quantitative estimate of drug-likeness (QED) is 0.601. The summed E-state index contributed by atoms with van der Waals surface area (Å²) < 4.78 is 7.93. The van der Waals surface area contributed by atoms with Crippen LogP contribution in [0.3, 0.4) is 0 Å². The molecule has 1 heterocycles. The first-order valence-electron chi connectivity index (χ1n) is 9.36. The Morgan fingerprint density at radius 3 is 2.36 bits per heavy atom. The number of rotatable bonds is 7. The second kappa shape index (κ2) is 8.80. The van der Waals surface area contributed by atoms with Gasteiger partial charge in [0.1, 0.15) is 18.2 Å². The van der Waals surface area contributed by atoms with Crippen LogP contribution >= 0.6 is 11.8 Å². The molecule has 0 unspecified atom stereocenters. The largest absolute Gasteiger partial charge is 0.490 e. The number of thioether (sulfide) groups is 1. The predicted octanol–water partition coefficient (Wildman–Crippen LogP) is 4.34. The van der Waals surface area contributed by atoms with Crippen molar-refractivity contribution in [1.29, 1.82) is 0 Å². The van der Waals surface area contributed by atoms with Gasteiger partial charge in [0.2, 0.25) is 0 Å². The molecule has 3 rings (SSSR count). The van der Waals surface area contributed by atoms with Crippen molar-refractivity contribution in [2.75, 3.05) is 12.4 Å². The van der Waals surface area contributed by atoms with E-state index in [2.05, 4.69) is 54.4 Å². The molecule has 1 atom stereocenters. The fourth-order valence-corrected chi connectivity index (χ4v) is 3.88. The SMILES string of the molecule is Cc1ccc(-n2c(C)nnc2SC[C@H](O)COc2c(C)ccc(C)c2C)cc1. The molecule has 0 bridgehead atoms. The molecule has 1 N–H and O–H groups in total. The van der Waals surface area contributed by atoms with Gasteiger partial charge < -0.3 is 9.84 Å². The topological polar surface area (TPSA) is 60.2 Å². The third kappa shape index (κ3) is 4.56. The Morgan fingerprint density at radius 1 is 0.964 bits per heavy atom. The van der Waals surface area contributed by atoms with Crippen LogP contribution in [0, 0.1) is 34.6 Å². The van der Waals surface area contributed by atoms with Crippen molar-refractivity contribution >= 4 is 11.8 Å². The van der Waals surface area contributed by atoms with Gasteiger partial charge in [0, 0.05) is 11.4 Å². The molecule has 1 aromatic heterocycles. The van der Waals surface area contributed by atoms with Crippen molar-refractivity contribution in [3.05, 3.63) is 64.5 Å². The van der Waals surface area contributed by atoms with Crippen LogP contribution in [0.15, 0.2) is 41.6 Å². The van der Waals surface area contributed by atoms with Gasteiger partial charge in [0.25, 0.3) is 0 Å².